The summed E-state index contributed by atoms with van der Waals surface area (Å²) >= 11 is 0. The zero-order valence-corrected chi connectivity index (χ0v) is 41.5. The molecule has 8 aromatic rings. The minimum absolute atomic E-state index is 0. The maximum Gasteiger partial charge on any atom is 0.261 e. The third-order valence-corrected chi connectivity index (χ3v) is 12.7. The molecule has 0 spiro atoms. The summed E-state index contributed by atoms with van der Waals surface area (Å²) in [7, 11) is -11.7. The van der Waals surface area contributed by atoms with Crippen LogP contribution in [-0.2, 0) is 40.3 Å². The number of anilines is 6. The van der Waals surface area contributed by atoms with E-state index < -0.39 is 40.3 Å². The van der Waals surface area contributed by atoms with E-state index >= 15 is 0 Å². The average Bonchev–Trinajstić information content (AvgIpc) is 3.28. The minimum Gasteiger partial charge on any atom is -0.494 e. The first kappa shape index (κ1) is 54.1. The van der Waals surface area contributed by atoms with Gasteiger partial charge in [-0.05, 0) is 61.4 Å². The van der Waals surface area contributed by atoms with Crippen LogP contribution in [0.3, 0.4) is 0 Å². The number of sulfonamides is 2. The van der Waals surface area contributed by atoms with Crippen LogP contribution in [0.5, 0.6) is 11.5 Å². The largest absolute Gasteiger partial charge is 0.494 e. The van der Waals surface area contributed by atoms with Gasteiger partial charge in [-0.1, -0.05) is 79.2 Å². The van der Waals surface area contributed by atoms with Crippen molar-refractivity contribution < 1.29 is 57.7 Å². The Bertz CT molecular complexity index is 3240. The number of nitrogens with zero attached hydrogens (tertiary/aromatic N) is 2. The molecule has 0 aliphatic heterocycles. The topological polar surface area (TPSA) is 301 Å². The number of methoxy groups -OCH3 is 2. The lowest BCUT2D eigenvalue weighted by molar-refractivity contribution is 0.417. The molecule has 19 nitrogen and oxygen atoms in total. The van der Waals surface area contributed by atoms with E-state index in [-0.39, 0.29) is 29.8 Å². The van der Waals surface area contributed by atoms with Crippen molar-refractivity contribution in [3.63, 3.8) is 0 Å². The second-order valence-electron chi connectivity index (χ2n) is 15.5. The summed E-state index contributed by atoms with van der Waals surface area (Å²) in [6.07, 6.45) is 2.37. The summed E-state index contributed by atoms with van der Waals surface area (Å²) in [4.78, 5) is 9.57. The first-order valence-corrected chi connectivity index (χ1v) is 27.9. The van der Waals surface area contributed by atoms with Crippen LogP contribution < -0.4 is 29.6 Å². The van der Waals surface area contributed by atoms with E-state index in [1.54, 1.807) is 36.4 Å². The maximum atomic E-state index is 13.1. The molecule has 8 rings (SSSR count). The van der Waals surface area contributed by atoms with E-state index in [9.17, 15) is 33.7 Å². The molecule has 23 heteroatoms. The van der Waals surface area contributed by atoms with Crippen LogP contribution in [0.25, 0.3) is 43.6 Å². The molecule has 0 aliphatic rings. The van der Waals surface area contributed by atoms with Gasteiger partial charge in [-0.2, -0.15) is 16.8 Å². The van der Waals surface area contributed by atoms with Gasteiger partial charge in [-0.25, -0.2) is 26.8 Å². The number of fused-ring (bicyclic) bond motifs is 4. The highest BCUT2D eigenvalue weighted by molar-refractivity contribution is 7.93. The quantitative estimate of drug-likeness (QED) is 0.0302. The van der Waals surface area contributed by atoms with Gasteiger partial charge in [0.2, 0.25) is 20.0 Å². The van der Waals surface area contributed by atoms with Crippen molar-refractivity contribution in [2.24, 2.45) is 0 Å². The van der Waals surface area contributed by atoms with Gasteiger partial charge >= 0.3 is 0 Å². The van der Waals surface area contributed by atoms with Crippen molar-refractivity contribution in [1.29, 1.82) is 0 Å². The standard InChI is InChI=1S/C45H42N6O6S2.2CH4O3S.H2O/c1-56-42-28-30(22-24-40(42)48-44-32-14-4-8-18-36(32)46-37-19-9-5-15-33(37)44)50-58(52,53)26-12-3-13-27-59(54,55)51-31-23-25-41(43(29-31)57-2)49-45-34-16-6-10-20-38(34)47-39-21-11-7-17-35(39)45;2*1-5(2,3)4;/h4-11,14-25,28-29,50-51H,3,12-13,26-27H2,1-2H3,(H,46,48)(H,47,49);2*1H3,(H,2,3,4);1H2. The fourth-order valence-corrected chi connectivity index (χ4v) is 9.50. The Hall–Kier alpha value is -6.86. The Labute approximate surface area is 406 Å². The van der Waals surface area contributed by atoms with Gasteiger partial charge in [0.25, 0.3) is 20.2 Å². The molecule has 70 heavy (non-hydrogen) atoms. The number of para-hydroxylation sites is 4. The summed E-state index contributed by atoms with van der Waals surface area (Å²) in [5, 5.41) is 10.7. The molecule has 0 amide bonds. The molecule has 0 aliphatic carbocycles. The summed E-state index contributed by atoms with van der Waals surface area (Å²) in [6, 6.07) is 41.6. The molecule has 6 aromatic carbocycles. The average molecular weight is 1040 g/mol. The number of aromatic nitrogens is 2. The lowest BCUT2D eigenvalue weighted by Crippen LogP contribution is -2.18. The van der Waals surface area contributed by atoms with Crippen LogP contribution >= 0.6 is 0 Å². The van der Waals surface area contributed by atoms with Crippen molar-refractivity contribution in [2.75, 3.05) is 58.3 Å². The highest BCUT2D eigenvalue weighted by atomic mass is 32.2. The second-order valence-corrected chi connectivity index (χ2v) is 22.1. The molecule has 0 saturated heterocycles. The molecule has 372 valence electrons. The van der Waals surface area contributed by atoms with E-state index in [0.717, 1.165) is 55.0 Å². The zero-order valence-electron chi connectivity index (χ0n) is 38.2. The number of benzene rings is 6. The predicted molar refractivity (Wildman–Crippen MR) is 278 cm³/mol. The number of unbranched alkanes of at least 4 members (excludes halogenated alkanes) is 2. The first-order chi connectivity index (χ1) is 32.6. The zero-order chi connectivity index (χ0) is 50.0. The summed E-state index contributed by atoms with van der Waals surface area (Å²) in [6.45, 7) is 0. The SMILES string of the molecule is COc1cc(NS(=O)(=O)CCCCCS(=O)(=O)Nc2ccc(Nc3c4ccccc4nc4ccccc34)c(OC)c2)ccc1Nc1c2ccccc2nc2ccccc12.CS(=O)(=O)O.CS(=O)(=O)O.O. The van der Waals surface area contributed by atoms with Gasteiger partial charge in [-0.15, -0.1) is 0 Å². The predicted octanol–water partition coefficient (Wildman–Crippen LogP) is 8.13. The normalized spacial score (nSPS) is 11.6. The Morgan fingerprint density at radius 3 is 1.03 bits per heavy atom. The van der Waals surface area contributed by atoms with Crippen molar-refractivity contribution in [1.82, 2.24) is 9.97 Å². The molecule has 0 fully saturated rings. The summed E-state index contributed by atoms with van der Waals surface area (Å²) < 4.78 is 121. The first-order valence-electron chi connectivity index (χ1n) is 20.9. The van der Waals surface area contributed by atoms with Crippen LogP contribution in [0.2, 0.25) is 0 Å². The monoisotopic (exact) mass is 1040 g/mol. The fraction of sp³-hybridized carbons (Fsp3) is 0.191. The van der Waals surface area contributed by atoms with Crippen molar-refractivity contribution in [3.8, 4) is 11.5 Å². The molecule has 0 atom stereocenters. The lowest BCUT2D eigenvalue weighted by atomic mass is 10.1. The maximum absolute atomic E-state index is 13.1. The Morgan fingerprint density at radius 2 is 0.743 bits per heavy atom. The van der Waals surface area contributed by atoms with Gasteiger partial charge in [0.1, 0.15) is 11.5 Å². The second kappa shape index (κ2) is 23.2. The number of rotatable bonds is 16. The Morgan fingerprint density at radius 1 is 0.457 bits per heavy atom. The van der Waals surface area contributed by atoms with E-state index in [4.69, 9.17) is 28.5 Å². The van der Waals surface area contributed by atoms with E-state index in [2.05, 4.69) is 20.1 Å². The van der Waals surface area contributed by atoms with Gasteiger partial charge in [0.15, 0.2) is 0 Å². The highest BCUT2D eigenvalue weighted by Crippen LogP contribution is 2.39. The number of hydrogen-bond donors (Lipinski definition) is 6. The van der Waals surface area contributed by atoms with Crippen molar-refractivity contribution in [3.05, 3.63) is 133 Å². The van der Waals surface area contributed by atoms with E-state index in [1.165, 1.54) is 14.2 Å². The summed E-state index contributed by atoms with van der Waals surface area (Å²) in [5.41, 5.74) is 7.12. The molecule has 2 heterocycles. The third kappa shape index (κ3) is 15.6. The lowest BCUT2D eigenvalue weighted by Gasteiger charge is -2.17. The molecule has 0 bridgehead atoms. The molecular formula is C47H52N6O13S4. The molecule has 2 aromatic heterocycles. The molecular weight excluding hydrogens is 985 g/mol. The Balaban J connectivity index is 0.000000755. The number of ether oxygens (including phenoxy) is 2. The molecule has 8 N–H and O–H groups in total. The number of hydrogen-bond acceptors (Lipinski definition) is 14. The minimum atomic E-state index is -3.74. The smallest absolute Gasteiger partial charge is 0.261 e. The van der Waals surface area contributed by atoms with Crippen LogP contribution in [-0.4, -0.2) is 96.5 Å². The van der Waals surface area contributed by atoms with Gasteiger partial charge in [0, 0.05) is 33.7 Å². The van der Waals surface area contributed by atoms with Gasteiger partial charge in [0.05, 0.1) is 94.4 Å². The van der Waals surface area contributed by atoms with Gasteiger partial charge < -0.3 is 25.6 Å². The van der Waals surface area contributed by atoms with Gasteiger partial charge in [-0.3, -0.25) is 18.5 Å². The van der Waals surface area contributed by atoms with Crippen LogP contribution in [0.1, 0.15) is 19.3 Å². The van der Waals surface area contributed by atoms with E-state index in [1.807, 2.05) is 97.1 Å². The fourth-order valence-electron chi connectivity index (χ4n) is 7.16. The van der Waals surface area contributed by atoms with E-state index in [0.29, 0.717) is 53.2 Å². The van der Waals surface area contributed by atoms with Crippen LogP contribution in [0.15, 0.2) is 133 Å². The summed E-state index contributed by atoms with van der Waals surface area (Å²) in [5.74, 6) is 0.552. The molecule has 0 saturated carbocycles. The third-order valence-electron chi connectivity index (χ3n) is 9.97. The van der Waals surface area contributed by atoms with Crippen molar-refractivity contribution in [2.45, 2.75) is 19.3 Å². The van der Waals surface area contributed by atoms with Crippen LogP contribution in [0.4, 0.5) is 34.1 Å². The Kier molecular flexibility index (Phi) is 17.9. The highest BCUT2D eigenvalue weighted by Gasteiger charge is 2.18. The number of pyridine rings is 2. The van der Waals surface area contributed by atoms with Crippen LogP contribution in [0, 0.1) is 0 Å². The molecule has 0 unspecified atom stereocenters. The molecule has 0 radical (unpaired) electrons. The number of nitrogens with one attached hydrogen (secondary N) is 4. The van der Waals surface area contributed by atoms with Crippen molar-refractivity contribution >= 4 is 118 Å².